The van der Waals surface area contributed by atoms with E-state index in [4.69, 9.17) is 4.74 Å². The van der Waals surface area contributed by atoms with Gasteiger partial charge in [0.15, 0.2) is 0 Å². The van der Waals surface area contributed by atoms with Gasteiger partial charge in [-0.25, -0.2) is 9.78 Å². The third-order valence-electron chi connectivity index (χ3n) is 7.08. The average molecular weight is 491 g/mol. The number of fused-ring (bicyclic) bond motifs is 2. The van der Waals surface area contributed by atoms with E-state index in [2.05, 4.69) is 20.6 Å². The number of hydrogen-bond acceptors (Lipinski definition) is 5. The maximum atomic E-state index is 12.9. The van der Waals surface area contributed by atoms with Crippen molar-refractivity contribution in [3.63, 3.8) is 0 Å². The van der Waals surface area contributed by atoms with Crippen LogP contribution in [0.2, 0.25) is 0 Å². The van der Waals surface area contributed by atoms with Crippen LogP contribution < -0.4 is 15.4 Å². The molecule has 2 aliphatic heterocycles. The standard InChI is InChI=1S/C26H30N6O4/c1-16-11-18(13-22-24(16)29-15-28-22)25(34)27-14-23(33)31-8-6-19(7-9-31)32-10-5-17-12-20(36-2)3-4-21(17)30-26(32)35/h3-4,11-13,15,19H,5-10,14H2,1-2H3,(H,27,34)(H,28,29)(H,30,35). The van der Waals surface area contributed by atoms with Crippen LogP contribution in [0.25, 0.3) is 11.0 Å². The molecule has 1 fully saturated rings. The summed E-state index contributed by atoms with van der Waals surface area (Å²) in [4.78, 5) is 49.2. The Balaban J connectivity index is 1.13. The molecule has 188 valence electrons. The maximum Gasteiger partial charge on any atom is 0.322 e. The number of nitrogens with one attached hydrogen (secondary N) is 3. The van der Waals surface area contributed by atoms with Gasteiger partial charge in [0.05, 0.1) is 31.0 Å². The number of aryl methyl sites for hydroxylation is 1. The van der Waals surface area contributed by atoms with Gasteiger partial charge < -0.3 is 30.2 Å². The topological polar surface area (TPSA) is 120 Å². The van der Waals surface area contributed by atoms with Crippen LogP contribution in [-0.2, 0) is 11.2 Å². The van der Waals surface area contributed by atoms with Crippen molar-refractivity contribution in [3.8, 4) is 5.75 Å². The zero-order valence-corrected chi connectivity index (χ0v) is 20.5. The Morgan fingerprint density at radius 2 is 1.97 bits per heavy atom. The van der Waals surface area contributed by atoms with E-state index in [0.29, 0.717) is 43.6 Å². The molecule has 5 rings (SSSR count). The van der Waals surface area contributed by atoms with Crippen molar-refractivity contribution < 1.29 is 19.1 Å². The number of hydrogen-bond donors (Lipinski definition) is 3. The fourth-order valence-electron chi connectivity index (χ4n) is 5.06. The van der Waals surface area contributed by atoms with Crippen LogP contribution in [0, 0.1) is 6.92 Å². The van der Waals surface area contributed by atoms with Gasteiger partial charge in [-0.2, -0.15) is 0 Å². The first-order valence-corrected chi connectivity index (χ1v) is 12.2. The molecule has 0 radical (unpaired) electrons. The molecule has 0 unspecified atom stereocenters. The highest BCUT2D eigenvalue weighted by molar-refractivity contribution is 5.99. The average Bonchev–Trinajstić information content (AvgIpc) is 3.31. The normalized spacial score (nSPS) is 16.3. The van der Waals surface area contributed by atoms with Gasteiger partial charge in [-0.1, -0.05) is 0 Å². The number of urea groups is 1. The number of carbonyl (C=O) groups excluding carboxylic acids is 3. The van der Waals surface area contributed by atoms with Crippen LogP contribution in [-0.4, -0.2) is 76.9 Å². The predicted molar refractivity (Wildman–Crippen MR) is 135 cm³/mol. The Bertz CT molecular complexity index is 1310. The van der Waals surface area contributed by atoms with E-state index in [9.17, 15) is 14.4 Å². The lowest BCUT2D eigenvalue weighted by atomic mass is 10.0. The highest BCUT2D eigenvalue weighted by Gasteiger charge is 2.31. The van der Waals surface area contributed by atoms with Crippen molar-refractivity contribution in [2.75, 3.05) is 38.6 Å². The third kappa shape index (κ3) is 4.71. The number of likely N-dealkylation sites (tertiary alicyclic amines) is 1. The minimum absolute atomic E-state index is 0.0587. The van der Waals surface area contributed by atoms with E-state index in [1.54, 1.807) is 30.5 Å². The second-order valence-corrected chi connectivity index (χ2v) is 9.28. The van der Waals surface area contributed by atoms with E-state index < -0.39 is 0 Å². The molecule has 3 N–H and O–H groups in total. The molecule has 3 heterocycles. The van der Waals surface area contributed by atoms with Crippen LogP contribution in [0.3, 0.4) is 0 Å². The molecule has 3 aromatic rings. The Morgan fingerprint density at radius 1 is 1.17 bits per heavy atom. The lowest BCUT2D eigenvalue weighted by Gasteiger charge is -2.38. The van der Waals surface area contributed by atoms with Gasteiger partial charge in [-0.15, -0.1) is 0 Å². The van der Waals surface area contributed by atoms with Crippen LogP contribution in [0.15, 0.2) is 36.7 Å². The van der Waals surface area contributed by atoms with E-state index in [0.717, 1.165) is 34.5 Å². The second-order valence-electron chi connectivity index (χ2n) is 9.28. The number of aromatic amines is 1. The Hall–Kier alpha value is -4.08. The van der Waals surface area contributed by atoms with Crippen LogP contribution >= 0.6 is 0 Å². The van der Waals surface area contributed by atoms with E-state index in [-0.39, 0.29) is 30.4 Å². The zero-order chi connectivity index (χ0) is 25.2. The van der Waals surface area contributed by atoms with Gasteiger partial charge >= 0.3 is 6.03 Å². The lowest BCUT2D eigenvalue weighted by Crippen LogP contribution is -2.51. The first kappa shape index (κ1) is 23.7. The molecule has 0 spiro atoms. The van der Waals surface area contributed by atoms with Crippen LogP contribution in [0.5, 0.6) is 5.75 Å². The van der Waals surface area contributed by atoms with Crippen LogP contribution in [0.4, 0.5) is 10.5 Å². The van der Waals surface area contributed by atoms with E-state index >= 15 is 0 Å². The fraction of sp³-hybridized carbons (Fsp3) is 0.385. The maximum absolute atomic E-state index is 12.9. The largest absolute Gasteiger partial charge is 0.497 e. The number of piperidine rings is 1. The van der Waals surface area contributed by atoms with Gasteiger partial charge in [0.25, 0.3) is 5.91 Å². The van der Waals surface area contributed by atoms with Crippen molar-refractivity contribution in [1.29, 1.82) is 0 Å². The Kier molecular flexibility index (Phi) is 6.49. The van der Waals surface area contributed by atoms with Crippen molar-refractivity contribution in [3.05, 3.63) is 53.3 Å². The molecular formula is C26H30N6O4. The number of rotatable bonds is 5. The number of imidazole rings is 1. The number of methoxy groups -OCH3 is 1. The molecule has 1 aromatic heterocycles. The van der Waals surface area contributed by atoms with Gasteiger partial charge in [0.2, 0.25) is 5.91 Å². The summed E-state index contributed by atoms with van der Waals surface area (Å²) in [5, 5.41) is 5.75. The van der Waals surface area contributed by atoms with E-state index in [1.807, 2.05) is 30.0 Å². The molecule has 0 saturated carbocycles. The van der Waals surface area contributed by atoms with Crippen molar-refractivity contribution in [1.82, 2.24) is 25.1 Å². The zero-order valence-electron chi connectivity index (χ0n) is 20.5. The molecule has 10 heteroatoms. The Morgan fingerprint density at radius 3 is 2.75 bits per heavy atom. The first-order valence-electron chi connectivity index (χ1n) is 12.2. The SMILES string of the molecule is COc1ccc2c(c1)CCN(C1CCN(C(=O)CNC(=O)c3cc(C)c4[nH]cnc4c3)CC1)C(=O)N2. The molecule has 0 bridgehead atoms. The van der Waals surface area contributed by atoms with Gasteiger partial charge in [-0.3, -0.25) is 9.59 Å². The number of carbonyl (C=O) groups is 3. The van der Waals surface area contributed by atoms with Gasteiger partial charge in [-0.05, 0) is 67.6 Å². The summed E-state index contributed by atoms with van der Waals surface area (Å²) >= 11 is 0. The smallest absolute Gasteiger partial charge is 0.322 e. The molecule has 0 atom stereocenters. The highest BCUT2D eigenvalue weighted by Crippen LogP contribution is 2.27. The van der Waals surface area contributed by atoms with Crippen molar-refractivity contribution >= 4 is 34.6 Å². The molecular weight excluding hydrogens is 460 g/mol. The summed E-state index contributed by atoms with van der Waals surface area (Å²) in [5.41, 5.74) is 4.87. The quantitative estimate of drug-likeness (QED) is 0.508. The van der Waals surface area contributed by atoms with Crippen LogP contribution in [0.1, 0.15) is 34.3 Å². The monoisotopic (exact) mass is 490 g/mol. The first-order chi connectivity index (χ1) is 17.4. The minimum Gasteiger partial charge on any atom is -0.497 e. The number of aromatic nitrogens is 2. The summed E-state index contributed by atoms with van der Waals surface area (Å²) in [6.45, 7) is 3.54. The fourth-order valence-corrected chi connectivity index (χ4v) is 5.06. The predicted octanol–water partition coefficient (Wildman–Crippen LogP) is 2.69. The Labute approximate surface area is 209 Å². The highest BCUT2D eigenvalue weighted by atomic mass is 16.5. The van der Waals surface area contributed by atoms with E-state index in [1.165, 1.54) is 0 Å². The molecule has 2 aliphatic rings. The molecule has 36 heavy (non-hydrogen) atoms. The number of ether oxygens (including phenoxy) is 1. The number of amides is 4. The summed E-state index contributed by atoms with van der Waals surface area (Å²) in [6.07, 6.45) is 3.72. The molecule has 2 aromatic carbocycles. The molecule has 0 aliphatic carbocycles. The second kappa shape index (κ2) is 9.88. The van der Waals surface area contributed by atoms with Gasteiger partial charge in [0.1, 0.15) is 5.75 Å². The number of H-pyrrole nitrogens is 1. The van der Waals surface area contributed by atoms with Gasteiger partial charge in [0, 0.05) is 36.9 Å². The molecule has 10 nitrogen and oxygen atoms in total. The molecule has 1 saturated heterocycles. The summed E-state index contributed by atoms with van der Waals surface area (Å²) in [7, 11) is 1.63. The molecule has 4 amide bonds. The lowest BCUT2D eigenvalue weighted by molar-refractivity contribution is -0.131. The third-order valence-corrected chi connectivity index (χ3v) is 7.08. The van der Waals surface area contributed by atoms with Crippen molar-refractivity contribution in [2.45, 2.75) is 32.2 Å². The number of benzene rings is 2. The minimum atomic E-state index is -0.302. The summed E-state index contributed by atoms with van der Waals surface area (Å²) in [6, 6.07) is 9.12. The summed E-state index contributed by atoms with van der Waals surface area (Å²) < 4.78 is 5.31. The summed E-state index contributed by atoms with van der Waals surface area (Å²) in [5.74, 6) is 0.343. The number of nitrogens with zero attached hydrogens (tertiary/aromatic N) is 3. The number of anilines is 1. The van der Waals surface area contributed by atoms with Crippen molar-refractivity contribution in [2.24, 2.45) is 0 Å².